The molecule has 0 aromatic heterocycles. The highest BCUT2D eigenvalue weighted by Gasteiger charge is 2.50. The maximum atomic E-state index is 11.4. The van der Waals surface area contributed by atoms with Crippen molar-refractivity contribution in [1.29, 1.82) is 0 Å². The van der Waals surface area contributed by atoms with Gasteiger partial charge >= 0.3 is 5.97 Å². The third-order valence-electron chi connectivity index (χ3n) is 6.77. The van der Waals surface area contributed by atoms with Crippen molar-refractivity contribution in [3.63, 3.8) is 0 Å². The first-order chi connectivity index (χ1) is 11.8. The van der Waals surface area contributed by atoms with E-state index in [2.05, 4.69) is 13.8 Å². The highest BCUT2D eigenvalue weighted by molar-refractivity contribution is 5.88. The van der Waals surface area contributed by atoms with Gasteiger partial charge in [0.25, 0.3) is 0 Å². The first-order valence-corrected chi connectivity index (χ1v) is 9.63. The Kier molecular flexibility index (Phi) is 4.95. The van der Waals surface area contributed by atoms with Crippen molar-refractivity contribution < 1.29 is 20.1 Å². The molecular weight excluding hydrogens is 316 g/mol. The SMILES string of the molecule is CCC[C@@]1(O)CC[C@@]2(CC)c3ccc(C(=O)O)cc3C(O)CC[C@H]2C1. The monoisotopic (exact) mass is 346 g/mol. The summed E-state index contributed by atoms with van der Waals surface area (Å²) in [6, 6.07) is 5.25. The van der Waals surface area contributed by atoms with Crippen LogP contribution < -0.4 is 0 Å². The van der Waals surface area contributed by atoms with Crippen LogP contribution in [0.2, 0.25) is 0 Å². The van der Waals surface area contributed by atoms with Crippen molar-refractivity contribution in [2.24, 2.45) is 5.92 Å². The summed E-state index contributed by atoms with van der Waals surface area (Å²) < 4.78 is 0. The molecule has 0 amide bonds. The lowest BCUT2D eigenvalue weighted by molar-refractivity contribution is -0.0549. The summed E-state index contributed by atoms with van der Waals surface area (Å²) >= 11 is 0. The Morgan fingerprint density at radius 3 is 2.64 bits per heavy atom. The van der Waals surface area contributed by atoms with Gasteiger partial charge in [0.2, 0.25) is 0 Å². The summed E-state index contributed by atoms with van der Waals surface area (Å²) in [7, 11) is 0. The minimum absolute atomic E-state index is 0.0657. The van der Waals surface area contributed by atoms with Gasteiger partial charge < -0.3 is 15.3 Å². The van der Waals surface area contributed by atoms with Gasteiger partial charge in [-0.3, -0.25) is 0 Å². The number of aromatic carboxylic acids is 1. The van der Waals surface area contributed by atoms with E-state index in [1.54, 1.807) is 12.1 Å². The van der Waals surface area contributed by atoms with Crippen LogP contribution in [0.1, 0.15) is 92.8 Å². The molecule has 0 bridgehead atoms. The molecule has 2 aliphatic carbocycles. The summed E-state index contributed by atoms with van der Waals surface area (Å²) in [5, 5.41) is 31.0. The van der Waals surface area contributed by atoms with E-state index >= 15 is 0 Å². The molecule has 1 aromatic rings. The van der Waals surface area contributed by atoms with Crippen LogP contribution >= 0.6 is 0 Å². The smallest absolute Gasteiger partial charge is 0.335 e. The molecule has 0 spiro atoms. The molecule has 4 nitrogen and oxygen atoms in total. The molecule has 1 unspecified atom stereocenters. The fourth-order valence-corrected chi connectivity index (χ4v) is 5.44. The van der Waals surface area contributed by atoms with Crippen molar-refractivity contribution in [2.75, 3.05) is 0 Å². The number of carboxylic acids is 1. The Hall–Kier alpha value is -1.39. The number of fused-ring (bicyclic) bond motifs is 3. The van der Waals surface area contributed by atoms with Crippen LogP contribution in [0.3, 0.4) is 0 Å². The number of aliphatic hydroxyl groups excluding tert-OH is 1. The van der Waals surface area contributed by atoms with Crippen LogP contribution in [0.15, 0.2) is 18.2 Å². The molecule has 4 atom stereocenters. The number of carboxylic acid groups (broad SMARTS) is 1. The fraction of sp³-hybridized carbons (Fsp3) is 0.667. The molecule has 0 aliphatic heterocycles. The Bertz CT molecular complexity index is 655. The predicted molar refractivity (Wildman–Crippen MR) is 96.8 cm³/mol. The van der Waals surface area contributed by atoms with Crippen LogP contribution in [-0.4, -0.2) is 26.9 Å². The Morgan fingerprint density at radius 2 is 2.00 bits per heavy atom. The van der Waals surface area contributed by atoms with E-state index in [-0.39, 0.29) is 11.0 Å². The molecule has 4 heteroatoms. The molecule has 1 saturated carbocycles. The average molecular weight is 346 g/mol. The summed E-state index contributed by atoms with van der Waals surface area (Å²) in [4.78, 5) is 11.4. The van der Waals surface area contributed by atoms with Gasteiger partial charge in [-0.1, -0.05) is 26.3 Å². The van der Waals surface area contributed by atoms with Gasteiger partial charge in [-0.15, -0.1) is 0 Å². The second-order valence-electron chi connectivity index (χ2n) is 8.09. The molecule has 3 rings (SSSR count). The minimum atomic E-state index is -0.956. The molecular formula is C21H30O4. The maximum absolute atomic E-state index is 11.4. The van der Waals surface area contributed by atoms with Gasteiger partial charge in [-0.2, -0.15) is 0 Å². The van der Waals surface area contributed by atoms with Gasteiger partial charge in [-0.25, -0.2) is 4.79 Å². The lowest BCUT2D eigenvalue weighted by Gasteiger charge is -2.50. The Balaban J connectivity index is 2.07. The van der Waals surface area contributed by atoms with Crippen LogP contribution in [0.4, 0.5) is 0 Å². The largest absolute Gasteiger partial charge is 0.478 e. The zero-order valence-corrected chi connectivity index (χ0v) is 15.3. The van der Waals surface area contributed by atoms with Crippen LogP contribution in [-0.2, 0) is 5.41 Å². The number of hydrogen-bond donors (Lipinski definition) is 3. The van der Waals surface area contributed by atoms with Crippen molar-refractivity contribution in [3.8, 4) is 0 Å². The van der Waals surface area contributed by atoms with Crippen LogP contribution in [0, 0.1) is 5.92 Å². The van der Waals surface area contributed by atoms with E-state index in [0.29, 0.717) is 12.3 Å². The first-order valence-electron chi connectivity index (χ1n) is 9.63. The zero-order chi connectivity index (χ0) is 18.2. The van der Waals surface area contributed by atoms with Crippen LogP contribution in [0.5, 0.6) is 0 Å². The minimum Gasteiger partial charge on any atom is -0.478 e. The molecule has 3 N–H and O–H groups in total. The second kappa shape index (κ2) is 6.73. The molecule has 1 aromatic carbocycles. The zero-order valence-electron chi connectivity index (χ0n) is 15.3. The van der Waals surface area contributed by atoms with E-state index in [1.165, 1.54) is 0 Å². The van der Waals surface area contributed by atoms with Crippen molar-refractivity contribution in [3.05, 3.63) is 34.9 Å². The van der Waals surface area contributed by atoms with E-state index in [4.69, 9.17) is 0 Å². The third-order valence-corrected chi connectivity index (χ3v) is 6.77. The molecule has 25 heavy (non-hydrogen) atoms. The van der Waals surface area contributed by atoms with E-state index in [9.17, 15) is 20.1 Å². The lowest BCUT2D eigenvalue weighted by Crippen LogP contribution is -2.47. The standard InChI is InChI=1S/C21H30O4/c1-3-9-20(25)10-11-21(4-2)15(13-20)6-8-18(22)16-12-14(19(23)24)5-7-17(16)21/h5,7,12,15,18,22,25H,3-4,6,8-11,13H2,1-2H3,(H,23,24)/t15-,18?,20+,21+/m0/s1. The first kappa shape index (κ1) is 18.4. The van der Waals surface area contributed by atoms with Gasteiger partial charge in [0.1, 0.15) is 0 Å². The van der Waals surface area contributed by atoms with E-state index < -0.39 is 17.7 Å². The molecule has 0 saturated heterocycles. The molecule has 138 valence electrons. The second-order valence-corrected chi connectivity index (χ2v) is 8.09. The maximum Gasteiger partial charge on any atom is 0.335 e. The number of rotatable bonds is 4. The molecule has 0 heterocycles. The fourth-order valence-electron chi connectivity index (χ4n) is 5.44. The number of carbonyl (C=O) groups is 1. The van der Waals surface area contributed by atoms with Gasteiger partial charge in [0.15, 0.2) is 0 Å². The predicted octanol–water partition coefficient (Wildman–Crippen LogP) is 4.19. The Labute approximate surface area is 149 Å². The van der Waals surface area contributed by atoms with Gasteiger partial charge in [0.05, 0.1) is 17.3 Å². The number of hydrogen-bond acceptors (Lipinski definition) is 3. The lowest BCUT2D eigenvalue weighted by atomic mass is 9.56. The summed E-state index contributed by atoms with van der Waals surface area (Å²) in [5.74, 6) is -0.628. The summed E-state index contributed by atoms with van der Waals surface area (Å²) in [6.45, 7) is 4.29. The highest BCUT2D eigenvalue weighted by Crippen LogP contribution is 2.55. The van der Waals surface area contributed by atoms with Crippen LogP contribution in [0.25, 0.3) is 0 Å². The quantitative estimate of drug-likeness (QED) is 0.764. The van der Waals surface area contributed by atoms with E-state index in [1.807, 2.05) is 6.07 Å². The molecule has 2 aliphatic rings. The number of aliphatic hydroxyl groups is 2. The van der Waals surface area contributed by atoms with Gasteiger partial charge in [0, 0.05) is 0 Å². The Morgan fingerprint density at radius 1 is 1.24 bits per heavy atom. The highest BCUT2D eigenvalue weighted by atomic mass is 16.4. The van der Waals surface area contributed by atoms with Crippen molar-refractivity contribution in [1.82, 2.24) is 0 Å². The van der Waals surface area contributed by atoms with E-state index in [0.717, 1.165) is 56.1 Å². The average Bonchev–Trinajstić information content (AvgIpc) is 2.70. The normalized spacial score (nSPS) is 34.7. The van der Waals surface area contributed by atoms with Crippen molar-refractivity contribution in [2.45, 2.75) is 82.3 Å². The summed E-state index contributed by atoms with van der Waals surface area (Å²) in [5.41, 5.74) is 1.47. The number of benzene rings is 1. The summed E-state index contributed by atoms with van der Waals surface area (Å²) in [6.07, 6.45) is 6.09. The molecule has 0 radical (unpaired) electrons. The van der Waals surface area contributed by atoms with Gasteiger partial charge in [-0.05, 0) is 79.5 Å². The van der Waals surface area contributed by atoms with Crippen molar-refractivity contribution >= 4 is 5.97 Å². The molecule has 1 fully saturated rings. The third kappa shape index (κ3) is 3.11. The topological polar surface area (TPSA) is 77.8 Å².